The van der Waals surface area contributed by atoms with Crippen molar-refractivity contribution in [1.29, 1.82) is 0 Å². The zero-order valence-electron chi connectivity index (χ0n) is 13.1. The highest BCUT2D eigenvalue weighted by Gasteiger charge is 2.00. The van der Waals surface area contributed by atoms with Gasteiger partial charge in [0.1, 0.15) is 17.8 Å². The molecule has 6 nitrogen and oxygen atoms in total. The van der Waals surface area contributed by atoms with Crippen LogP contribution in [0.3, 0.4) is 0 Å². The van der Waals surface area contributed by atoms with E-state index in [2.05, 4.69) is 20.5 Å². The molecule has 0 unspecified atom stereocenters. The van der Waals surface area contributed by atoms with Crippen LogP contribution in [0, 0.1) is 0 Å². The lowest BCUT2D eigenvalue weighted by Gasteiger charge is -2.05. The molecule has 0 spiro atoms. The van der Waals surface area contributed by atoms with Gasteiger partial charge in [-0.3, -0.25) is 5.43 Å². The van der Waals surface area contributed by atoms with Crippen LogP contribution in [0.15, 0.2) is 72.1 Å². The molecule has 3 aromatic rings. The van der Waals surface area contributed by atoms with Gasteiger partial charge in [-0.15, -0.1) is 0 Å². The number of methoxy groups -OCH3 is 1. The smallest absolute Gasteiger partial charge is 0.224 e. The van der Waals surface area contributed by atoms with Crippen LogP contribution in [0.5, 0.6) is 17.4 Å². The van der Waals surface area contributed by atoms with E-state index in [9.17, 15) is 0 Å². The summed E-state index contributed by atoms with van der Waals surface area (Å²) in [6, 6.07) is 18.7. The van der Waals surface area contributed by atoms with Crippen LogP contribution >= 0.6 is 0 Å². The first-order valence-electron chi connectivity index (χ1n) is 7.31. The molecule has 0 aliphatic heterocycles. The van der Waals surface area contributed by atoms with Gasteiger partial charge in [-0.1, -0.05) is 18.2 Å². The first-order chi connectivity index (χ1) is 11.8. The molecular weight excluding hydrogens is 304 g/mol. The predicted molar refractivity (Wildman–Crippen MR) is 92.8 cm³/mol. The van der Waals surface area contributed by atoms with Gasteiger partial charge in [-0.25, -0.2) is 9.97 Å². The number of nitrogens with zero attached hydrogens (tertiary/aromatic N) is 3. The first kappa shape index (κ1) is 15.5. The second kappa shape index (κ2) is 7.73. The summed E-state index contributed by atoms with van der Waals surface area (Å²) in [5.74, 6) is 2.50. The van der Waals surface area contributed by atoms with Crippen molar-refractivity contribution in [2.24, 2.45) is 5.10 Å². The summed E-state index contributed by atoms with van der Waals surface area (Å²) >= 11 is 0. The highest BCUT2D eigenvalue weighted by Crippen LogP contribution is 2.19. The molecule has 24 heavy (non-hydrogen) atoms. The van der Waals surface area contributed by atoms with E-state index < -0.39 is 0 Å². The molecule has 0 atom stereocenters. The van der Waals surface area contributed by atoms with Crippen LogP contribution in [0.2, 0.25) is 0 Å². The van der Waals surface area contributed by atoms with E-state index in [-0.39, 0.29) is 0 Å². The Labute approximate surface area is 139 Å². The molecular formula is C18H16N4O2. The van der Waals surface area contributed by atoms with Crippen LogP contribution in [-0.4, -0.2) is 23.3 Å². The van der Waals surface area contributed by atoms with Gasteiger partial charge in [-0.05, 0) is 42.0 Å². The fraction of sp³-hybridized carbons (Fsp3) is 0.0556. The summed E-state index contributed by atoms with van der Waals surface area (Å²) in [5, 5.41) is 4.15. The molecule has 0 amide bonds. The highest BCUT2D eigenvalue weighted by atomic mass is 16.5. The van der Waals surface area contributed by atoms with Crippen molar-refractivity contribution in [2.45, 2.75) is 0 Å². The monoisotopic (exact) mass is 320 g/mol. The van der Waals surface area contributed by atoms with E-state index in [0.717, 1.165) is 11.3 Å². The minimum absolute atomic E-state index is 0.443. The number of aromatic nitrogens is 2. The Morgan fingerprint density at radius 2 is 1.75 bits per heavy atom. The van der Waals surface area contributed by atoms with Gasteiger partial charge in [0.2, 0.25) is 5.88 Å². The van der Waals surface area contributed by atoms with Gasteiger partial charge in [0.25, 0.3) is 0 Å². The van der Waals surface area contributed by atoms with Gasteiger partial charge in [0.05, 0.1) is 13.3 Å². The van der Waals surface area contributed by atoms with Crippen LogP contribution in [-0.2, 0) is 0 Å². The number of hydrogen-bond acceptors (Lipinski definition) is 6. The molecule has 1 N–H and O–H groups in total. The molecule has 0 aliphatic carbocycles. The zero-order chi connectivity index (χ0) is 16.6. The van der Waals surface area contributed by atoms with Gasteiger partial charge in [0, 0.05) is 6.07 Å². The second-order valence-corrected chi connectivity index (χ2v) is 4.80. The standard InChI is InChI=1S/C18H16N4O2/c1-23-15-9-7-14(8-10-15)12-21-22-17-11-18(20-13-19-17)24-16-5-3-2-4-6-16/h2-13H,1H3,(H,19,20,22)/b21-12-. The van der Waals surface area contributed by atoms with E-state index in [1.807, 2.05) is 54.6 Å². The van der Waals surface area contributed by atoms with E-state index >= 15 is 0 Å². The Morgan fingerprint density at radius 3 is 2.50 bits per heavy atom. The maximum absolute atomic E-state index is 5.65. The average molecular weight is 320 g/mol. The third-order valence-electron chi connectivity index (χ3n) is 3.12. The summed E-state index contributed by atoms with van der Waals surface area (Å²) in [6.45, 7) is 0. The number of anilines is 1. The molecule has 1 aromatic heterocycles. The van der Waals surface area contributed by atoms with E-state index in [1.54, 1.807) is 19.4 Å². The molecule has 0 radical (unpaired) electrons. The topological polar surface area (TPSA) is 68.6 Å². The van der Waals surface area contributed by atoms with Gasteiger partial charge in [-0.2, -0.15) is 5.10 Å². The van der Waals surface area contributed by atoms with Crippen LogP contribution in [0.25, 0.3) is 0 Å². The fourth-order valence-corrected chi connectivity index (χ4v) is 1.93. The molecule has 0 saturated carbocycles. The van der Waals surface area contributed by atoms with Crippen LogP contribution < -0.4 is 14.9 Å². The van der Waals surface area contributed by atoms with Crippen LogP contribution in [0.1, 0.15) is 5.56 Å². The lowest BCUT2D eigenvalue weighted by molar-refractivity contribution is 0.415. The van der Waals surface area contributed by atoms with E-state index in [4.69, 9.17) is 9.47 Å². The highest BCUT2D eigenvalue weighted by molar-refractivity contribution is 5.80. The quantitative estimate of drug-likeness (QED) is 0.554. The number of rotatable bonds is 6. The Morgan fingerprint density at radius 1 is 0.958 bits per heavy atom. The normalized spacial score (nSPS) is 10.5. The first-order valence-corrected chi connectivity index (χ1v) is 7.31. The minimum atomic E-state index is 0.443. The summed E-state index contributed by atoms with van der Waals surface area (Å²) in [6.07, 6.45) is 3.11. The maximum atomic E-state index is 5.65. The number of hydrogen-bond donors (Lipinski definition) is 1. The number of hydrazone groups is 1. The van der Waals surface area contributed by atoms with Crippen molar-refractivity contribution >= 4 is 12.0 Å². The maximum Gasteiger partial charge on any atom is 0.224 e. The number of nitrogens with one attached hydrogen (secondary N) is 1. The van der Waals surface area contributed by atoms with E-state index in [0.29, 0.717) is 17.4 Å². The van der Waals surface area contributed by atoms with Crippen molar-refractivity contribution in [2.75, 3.05) is 12.5 Å². The summed E-state index contributed by atoms with van der Waals surface area (Å²) in [5.41, 5.74) is 3.80. The lowest BCUT2D eigenvalue weighted by atomic mass is 10.2. The van der Waals surface area contributed by atoms with Crippen LogP contribution in [0.4, 0.5) is 5.82 Å². The fourth-order valence-electron chi connectivity index (χ4n) is 1.93. The van der Waals surface area contributed by atoms with Crippen molar-refractivity contribution in [3.8, 4) is 17.4 Å². The molecule has 120 valence electrons. The largest absolute Gasteiger partial charge is 0.497 e. The van der Waals surface area contributed by atoms with Crippen molar-refractivity contribution < 1.29 is 9.47 Å². The molecule has 0 aliphatic rings. The van der Waals surface area contributed by atoms with Gasteiger partial charge >= 0.3 is 0 Å². The third-order valence-corrected chi connectivity index (χ3v) is 3.12. The SMILES string of the molecule is COc1ccc(/C=N\Nc2cc(Oc3ccccc3)ncn2)cc1. The molecule has 0 saturated heterocycles. The molecule has 6 heteroatoms. The Balaban J connectivity index is 1.62. The molecule has 0 fully saturated rings. The van der Waals surface area contributed by atoms with Gasteiger partial charge < -0.3 is 9.47 Å². The Hall–Kier alpha value is -3.41. The molecule has 0 bridgehead atoms. The van der Waals surface area contributed by atoms with Crippen molar-refractivity contribution in [3.63, 3.8) is 0 Å². The Kier molecular flexibility index (Phi) is 4.99. The van der Waals surface area contributed by atoms with Crippen molar-refractivity contribution in [1.82, 2.24) is 9.97 Å². The predicted octanol–water partition coefficient (Wildman–Crippen LogP) is 3.72. The summed E-state index contributed by atoms with van der Waals surface area (Å²) < 4.78 is 10.8. The van der Waals surface area contributed by atoms with Crippen molar-refractivity contribution in [3.05, 3.63) is 72.6 Å². The molecule has 1 heterocycles. The Bertz CT molecular complexity index is 805. The number of ether oxygens (including phenoxy) is 2. The zero-order valence-corrected chi connectivity index (χ0v) is 13.1. The summed E-state index contributed by atoms with van der Waals surface area (Å²) in [4.78, 5) is 8.18. The third kappa shape index (κ3) is 4.30. The number of para-hydroxylation sites is 1. The molecule has 2 aromatic carbocycles. The van der Waals surface area contributed by atoms with E-state index in [1.165, 1.54) is 6.33 Å². The van der Waals surface area contributed by atoms with Gasteiger partial charge in [0.15, 0.2) is 5.82 Å². The molecule has 3 rings (SSSR count). The lowest BCUT2D eigenvalue weighted by Crippen LogP contribution is -1.96. The average Bonchev–Trinajstić information content (AvgIpc) is 2.63. The summed E-state index contributed by atoms with van der Waals surface area (Å²) in [7, 11) is 1.63. The minimum Gasteiger partial charge on any atom is -0.497 e. The number of benzene rings is 2. The second-order valence-electron chi connectivity index (χ2n) is 4.80.